The average Bonchev–Trinajstić information content (AvgIpc) is 3.39. The van der Waals surface area contributed by atoms with Crippen molar-refractivity contribution in [2.45, 2.75) is 76.9 Å². The van der Waals surface area contributed by atoms with Gasteiger partial charge in [-0.1, -0.05) is 19.4 Å². The Labute approximate surface area is 235 Å². The Morgan fingerprint density at radius 3 is 2.73 bits per heavy atom. The minimum atomic E-state index is 0.246. The van der Waals surface area contributed by atoms with Crippen molar-refractivity contribution in [2.24, 2.45) is 0 Å². The lowest BCUT2D eigenvalue weighted by Gasteiger charge is -2.36. The van der Waals surface area contributed by atoms with E-state index in [1.165, 1.54) is 0 Å². The largest absolute Gasteiger partial charge is 0.495 e. The standard InChI is InChI=1S/C30H37N9O/c1-4-22-15-24(16-23(33-22)8-6-5-7-11-31)34-30-35-27-14-20(21-13-25(40-3)18-32-17-21)9-10-26(27)29(37-30)36-28-12-19(2)38-39-28/h9-10,12-14,17-18,22-24,33H,4-8,15-16H2,1-3H3,(H3,34,35,36,37,38,39). The summed E-state index contributed by atoms with van der Waals surface area (Å²) in [6, 6.07) is 13.4. The molecule has 4 heterocycles. The third kappa shape index (κ3) is 6.66. The topological polar surface area (TPSA) is 136 Å². The van der Waals surface area contributed by atoms with E-state index in [4.69, 9.17) is 20.0 Å². The molecule has 1 aliphatic rings. The highest BCUT2D eigenvalue weighted by Crippen LogP contribution is 2.31. The summed E-state index contributed by atoms with van der Waals surface area (Å²) < 4.78 is 5.38. The van der Waals surface area contributed by atoms with Gasteiger partial charge in [0.25, 0.3) is 0 Å². The van der Waals surface area contributed by atoms with E-state index < -0.39 is 0 Å². The van der Waals surface area contributed by atoms with E-state index in [0.717, 1.165) is 66.2 Å². The van der Waals surface area contributed by atoms with Gasteiger partial charge >= 0.3 is 0 Å². The Balaban J connectivity index is 1.45. The SMILES string of the molecule is CCC1CC(Nc2nc(Nc3cc(C)[nH]n3)c3ccc(-c4cncc(OC)c4)cc3n2)CC(CCCCC#N)N1. The first-order valence-corrected chi connectivity index (χ1v) is 14.0. The van der Waals surface area contributed by atoms with Gasteiger partial charge in [-0.25, -0.2) is 4.98 Å². The molecule has 0 saturated carbocycles. The van der Waals surface area contributed by atoms with Crippen LogP contribution in [0.3, 0.4) is 0 Å². The number of piperidine rings is 1. The Hall–Kier alpha value is -4.23. The van der Waals surface area contributed by atoms with E-state index in [9.17, 15) is 0 Å². The van der Waals surface area contributed by atoms with Crippen LogP contribution in [-0.4, -0.2) is 50.4 Å². The highest BCUT2D eigenvalue weighted by Gasteiger charge is 2.28. The van der Waals surface area contributed by atoms with Crippen LogP contribution in [0, 0.1) is 18.3 Å². The molecule has 4 aromatic rings. The van der Waals surface area contributed by atoms with Gasteiger partial charge in [0.1, 0.15) is 11.6 Å². The zero-order valence-corrected chi connectivity index (χ0v) is 23.4. The van der Waals surface area contributed by atoms with Gasteiger partial charge in [0, 0.05) is 53.5 Å². The van der Waals surface area contributed by atoms with Crippen LogP contribution in [0.2, 0.25) is 0 Å². The number of hydrogen-bond acceptors (Lipinski definition) is 9. The molecule has 1 aromatic carbocycles. The smallest absolute Gasteiger partial charge is 0.225 e. The predicted octanol–water partition coefficient (Wildman–Crippen LogP) is 5.87. The van der Waals surface area contributed by atoms with Gasteiger partial charge in [-0.3, -0.25) is 10.1 Å². The number of pyridine rings is 1. The number of nitriles is 1. The number of anilines is 3. The Morgan fingerprint density at radius 2 is 1.95 bits per heavy atom. The van der Waals surface area contributed by atoms with Gasteiger partial charge in [0.2, 0.25) is 5.95 Å². The van der Waals surface area contributed by atoms with Crippen molar-refractivity contribution in [1.82, 2.24) is 30.5 Å². The number of fused-ring (bicyclic) bond motifs is 1. The molecule has 0 radical (unpaired) electrons. The summed E-state index contributed by atoms with van der Waals surface area (Å²) in [6.07, 6.45) is 10.3. The molecule has 5 rings (SSSR count). The second-order valence-corrected chi connectivity index (χ2v) is 10.5. The molecule has 3 aromatic heterocycles. The molecule has 0 amide bonds. The molecular formula is C30H37N9O. The molecule has 3 atom stereocenters. The van der Waals surface area contributed by atoms with E-state index in [2.05, 4.69) is 50.2 Å². The highest BCUT2D eigenvalue weighted by molar-refractivity contribution is 5.94. The van der Waals surface area contributed by atoms with Gasteiger partial charge in [0.15, 0.2) is 5.82 Å². The zero-order chi connectivity index (χ0) is 27.9. The van der Waals surface area contributed by atoms with Crippen molar-refractivity contribution in [3.05, 3.63) is 48.4 Å². The van der Waals surface area contributed by atoms with Crippen LogP contribution in [0.5, 0.6) is 5.75 Å². The first kappa shape index (κ1) is 27.3. The second kappa shape index (κ2) is 12.7. The number of unbranched alkanes of at least 4 members (excludes halogenated alkanes) is 2. The number of nitrogens with zero attached hydrogens (tertiary/aromatic N) is 5. The molecule has 3 unspecified atom stereocenters. The van der Waals surface area contributed by atoms with E-state index in [-0.39, 0.29) is 6.04 Å². The molecule has 1 aliphatic heterocycles. The van der Waals surface area contributed by atoms with Crippen LogP contribution >= 0.6 is 0 Å². The summed E-state index contributed by atoms with van der Waals surface area (Å²) in [4.78, 5) is 14.2. The number of ether oxygens (including phenoxy) is 1. The van der Waals surface area contributed by atoms with Crippen LogP contribution in [0.1, 0.15) is 57.6 Å². The lowest BCUT2D eigenvalue weighted by Crippen LogP contribution is -2.49. The van der Waals surface area contributed by atoms with Crippen LogP contribution < -0.4 is 20.7 Å². The predicted molar refractivity (Wildman–Crippen MR) is 158 cm³/mol. The lowest BCUT2D eigenvalue weighted by molar-refractivity contribution is 0.280. The summed E-state index contributed by atoms with van der Waals surface area (Å²) in [5, 5.41) is 28.0. The summed E-state index contributed by atoms with van der Waals surface area (Å²) in [7, 11) is 1.64. The van der Waals surface area contributed by atoms with Gasteiger partial charge in [-0.2, -0.15) is 15.3 Å². The fourth-order valence-electron chi connectivity index (χ4n) is 5.39. The van der Waals surface area contributed by atoms with E-state index >= 15 is 0 Å². The molecule has 10 nitrogen and oxygen atoms in total. The third-order valence-electron chi connectivity index (χ3n) is 7.46. The van der Waals surface area contributed by atoms with Gasteiger partial charge < -0.3 is 20.7 Å². The number of aromatic nitrogens is 5. The number of aryl methyl sites for hydroxylation is 1. The number of aromatic amines is 1. The van der Waals surface area contributed by atoms with Crippen LogP contribution in [0.25, 0.3) is 22.0 Å². The minimum Gasteiger partial charge on any atom is -0.495 e. The summed E-state index contributed by atoms with van der Waals surface area (Å²) >= 11 is 0. The molecule has 1 saturated heterocycles. The van der Waals surface area contributed by atoms with E-state index in [1.54, 1.807) is 13.3 Å². The molecule has 0 spiro atoms. The van der Waals surface area contributed by atoms with Crippen LogP contribution in [-0.2, 0) is 0 Å². The van der Waals surface area contributed by atoms with E-state index in [0.29, 0.717) is 41.8 Å². The van der Waals surface area contributed by atoms with Crippen LogP contribution in [0.4, 0.5) is 17.6 Å². The first-order chi connectivity index (χ1) is 19.5. The van der Waals surface area contributed by atoms with Gasteiger partial charge in [-0.15, -0.1) is 0 Å². The quantitative estimate of drug-likeness (QED) is 0.172. The minimum absolute atomic E-state index is 0.246. The average molecular weight is 540 g/mol. The molecular weight excluding hydrogens is 502 g/mol. The summed E-state index contributed by atoms with van der Waals surface area (Å²) in [5.74, 6) is 2.70. The molecule has 208 valence electrons. The van der Waals surface area contributed by atoms with Crippen molar-refractivity contribution in [1.29, 1.82) is 5.26 Å². The number of rotatable bonds is 11. The fraction of sp³-hybridized carbons (Fsp3) is 0.433. The maximum absolute atomic E-state index is 8.88. The van der Waals surface area contributed by atoms with Crippen molar-refractivity contribution in [2.75, 3.05) is 17.7 Å². The second-order valence-electron chi connectivity index (χ2n) is 10.5. The maximum atomic E-state index is 8.88. The first-order valence-electron chi connectivity index (χ1n) is 14.0. The molecule has 4 N–H and O–H groups in total. The van der Waals surface area contributed by atoms with Gasteiger partial charge in [-0.05, 0) is 62.8 Å². The van der Waals surface area contributed by atoms with Crippen molar-refractivity contribution in [3.8, 4) is 22.9 Å². The lowest BCUT2D eigenvalue weighted by atomic mass is 9.90. The van der Waals surface area contributed by atoms with Crippen molar-refractivity contribution >= 4 is 28.5 Å². The summed E-state index contributed by atoms with van der Waals surface area (Å²) in [6.45, 7) is 4.19. The maximum Gasteiger partial charge on any atom is 0.225 e. The number of methoxy groups -OCH3 is 1. The Kier molecular flexibility index (Phi) is 8.71. The monoisotopic (exact) mass is 539 g/mol. The third-order valence-corrected chi connectivity index (χ3v) is 7.46. The van der Waals surface area contributed by atoms with Crippen molar-refractivity contribution in [3.63, 3.8) is 0 Å². The van der Waals surface area contributed by atoms with E-state index in [1.807, 2.05) is 37.4 Å². The number of nitrogens with one attached hydrogen (secondary N) is 4. The Morgan fingerprint density at radius 1 is 1.07 bits per heavy atom. The normalized spacial score (nSPS) is 18.8. The number of hydrogen-bond donors (Lipinski definition) is 4. The van der Waals surface area contributed by atoms with Crippen molar-refractivity contribution < 1.29 is 4.74 Å². The van der Waals surface area contributed by atoms with Gasteiger partial charge in [0.05, 0.1) is 24.9 Å². The number of H-pyrrole nitrogens is 1. The zero-order valence-electron chi connectivity index (χ0n) is 23.4. The molecule has 0 bridgehead atoms. The molecule has 0 aliphatic carbocycles. The molecule has 40 heavy (non-hydrogen) atoms. The fourth-order valence-corrected chi connectivity index (χ4v) is 5.39. The summed E-state index contributed by atoms with van der Waals surface area (Å²) in [5.41, 5.74) is 3.74. The molecule has 1 fully saturated rings. The molecule has 10 heteroatoms. The highest BCUT2D eigenvalue weighted by atomic mass is 16.5. The number of benzene rings is 1. The van der Waals surface area contributed by atoms with Crippen LogP contribution in [0.15, 0.2) is 42.7 Å². The Bertz CT molecular complexity index is 1480.